The number of halogens is 1. The Morgan fingerprint density at radius 3 is 2.21 bits per heavy atom. The number of hydrogen-bond donors (Lipinski definition) is 0. The summed E-state index contributed by atoms with van der Waals surface area (Å²) in [5.41, 5.74) is 2.78. The van der Waals surface area contributed by atoms with Crippen LogP contribution in [0.4, 0.5) is 4.39 Å². The van der Waals surface area contributed by atoms with Gasteiger partial charge >= 0.3 is 0 Å². The number of hydrogen-bond acceptors (Lipinski definition) is 2. The predicted octanol–water partition coefficient (Wildman–Crippen LogP) is 3.09. The predicted molar refractivity (Wildman–Crippen MR) is 91.9 cm³/mol. The van der Waals surface area contributed by atoms with E-state index in [0.29, 0.717) is 25.2 Å². The van der Waals surface area contributed by atoms with Crippen LogP contribution in [0.15, 0.2) is 48.5 Å². The smallest absolute Gasteiger partial charge is 0.207 e. The van der Waals surface area contributed by atoms with Gasteiger partial charge in [0.2, 0.25) is 0 Å². The van der Waals surface area contributed by atoms with Crippen LogP contribution in [0.1, 0.15) is 23.1 Å². The lowest BCUT2D eigenvalue weighted by atomic mass is 10.1. The third-order valence-corrected chi connectivity index (χ3v) is 6.12. The topological polar surface area (TPSA) is 40.6 Å². The summed E-state index contributed by atoms with van der Waals surface area (Å²) in [6.45, 7) is 3.54. The molecule has 0 radical (unpaired) electrons. The molecule has 0 atom stereocenters. The standard InChI is InChI=1S/C18H21FN2O2S/c1-15-6-8-16(9-7-15)13-20-10-3-11-21(24(20,22)23)14-17-4-2-5-18(19)12-17/h2,4-9,12H,3,10-11,13-14H2,1H3. The Morgan fingerprint density at radius 1 is 0.958 bits per heavy atom. The molecule has 6 heteroatoms. The maximum Gasteiger partial charge on any atom is 0.282 e. The van der Waals surface area contributed by atoms with E-state index in [9.17, 15) is 12.8 Å². The van der Waals surface area contributed by atoms with Crippen LogP contribution >= 0.6 is 0 Å². The Kier molecular flexibility index (Phi) is 4.99. The molecule has 0 saturated carbocycles. The molecule has 2 aromatic rings. The molecule has 1 saturated heterocycles. The van der Waals surface area contributed by atoms with Crippen molar-refractivity contribution in [2.24, 2.45) is 0 Å². The van der Waals surface area contributed by atoms with Gasteiger partial charge in [-0.25, -0.2) is 4.39 Å². The molecule has 0 bridgehead atoms. The van der Waals surface area contributed by atoms with Crippen LogP contribution in [0.2, 0.25) is 0 Å². The van der Waals surface area contributed by atoms with Crippen LogP contribution in [-0.4, -0.2) is 30.1 Å². The van der Waals surface area contributed by atoms with Crippen LogP contribution in [0, 0.1) is 12.7 Å². The molecule has 1 heterocycles. The van der Waals surface area contributed by atoms with Gasteiger partial charge in [0.1, 0.15) is 5.82 Å². The molecule has 0 N–H and O–H groups in total. The second-order valence-electron chi connectivity index (χ2n) is 6.14. The summed E-state index contributed by atoms with van der Waals surface area (Å²) < 4.78 is 41.9. The van der Waals surface area contributed by atoms with Gasteiger partial charge in [-0.3, -0.25) is 0 Å². The van der Waals surface area contributed by atoms with Gasteiger partial charge < -0.3 is 0 Å². The zero-order chi connectivity index (χ0) is 17.2. The van der Waals surface area contributed by atoms with Crippen molar-refractivity contribution in [3.63, 3.8) is 0 Å². The van der Waals surface area contributed by atoms with Crippen LogP contribution in [0.25, 0.3) is 0 Å². The molecular weight excluding hydrogens is 327 g/mol. The first-order chi connectivity index (χ1) is 11.4. The maximum atomic E-state index is 13.3. The summed E-state index contributed by atoms with van der Waals surface area (Å²) >= 11 is 0. The summed E-state index contributed by atoms with van der Waals surface area (Å²) in [7, 11) is -3.54. The van der Waals surface area contributed by atoms with Crippen molar-refractivity contribution >= 4 is 10.2 Å². The highest BCUT2D eigenvalue weighted by Crippen LogP contribution is 2.22. The maximum absolute atomic E-state index is 13.3. The summed E-state index contributed by atoms with van der Waals surface area (Å²) in [6.07, 6.45) is 0.764. The molecule has 2 aromatic carbocycles. The van der Waals surface area contributed by atoms with Crippen LogP contribution in [0.5, 0.6) is 0 Å². The van der Waals surface area contributed by atoms with E-state index in [1.165, 1.54) is 20.7 Å². The molecule has 1 fully saturated rings. The van der Waals surface area contributed by atoms with Crippen LogP contribution in [-0.2, 0) is 23.3 Å². The Morgan fingerprint density at radius 2 is 1.58 bits per heavy atom. The van der Waals surface area contributed by atoms with Crippen molar-refractivity contribution in [2.75, 3.05) is 13.1 Å². The number of benzene rings is 2. The first-order valence-corrected chi connectivity index (χ1v) is 9.40. The molecule has 0 spiro atoms. The van der Waals surface area contributed by atoms with Crippen molar-refractivity contribution in [3.05, 3.63) is 71.0 Å². The van der Waals surface area contributed by atoms with Crippen molar-refractivity contribution in [2.45, 2.75) is 26.4 Å². The average Bonchev–Trinajstić information content (AvgIpc) is 2.53. The van der Waals surface area contributed by atoms with Gasteiger partial charge in [-0.1, -0.05) is 42.0 Å². The Balaban J connectivity index is 1.76. The zero-order valence-corrected chi connectivity index (χ0v) is 14.5. The summed E-state index contributed by atoms with van der Waals surface area (Å²) in [5.74, 6) is -0.349. The Hall–Kier alpha value is -1.76. The number of aryl methyl sites for hydroxylation is 1. The quantitative estimate of drug-likeness (QED) is 0.852. The molecule has 0 aromatic heterocycles. The minimum absolute atomic E-state index is 0.199. The Labute approximate surface area is 142 Å². The van der Waals surface area contributed by atoms with E-state index < -0.39 is 10.2 Å². The fourth-order valence-electron chi connectivity index (χ4n) is 2.87. The highest BCUT2D eigenvalue weighted by atomic mass is 32.2. The van der Waals surface area contributed by atoms with Crippen LogP contribution in [0.3, 0.4) is 0 Å². The zero-order valence-electron chi connectivity index (χ0n) is 13.7. The lowest BCUT2D eigenvalue weighted by Gasteiger charge is -2.34. The van der Waals surface area contributed by atoms with E-state index >= 15 is 0 Å². The second kappa shape index (κ2) is 7.01. The van der Waals surface area contributed by atoms with E-state index in [0.717, 1.165) is 17.5 Å². The molecule has 1 aliphatic rings. The normalized spacial score (nSPS) is 18.6. The van der Waals surface area contributed by atoms with Gasteiger partial charge in [-0.2, -0.15) is 17.0 Å². The van der Waals surface area contributed by atoms with Crippen molar-refractivity contribution in [1.29, 1.82) is 0 Å². The molecule has 128 valence electrons. The highest BCUT2D eigenvalue weighted by Gasteiger charge is 2.33. The third kappa shape index (κ3) is 3.83. The van der Waals surface area contributed by atoms with Crippen molar-refractivity contribution in [3.8, 4) is 0 Å². The van der Waals surface area contributed by atoms with E-state index in [1.54, 1.807) is 12.1 Å². The van der Waals surface area contributed by atoms with Gasteiger partial charge in [0, 0.05) is 26.2 Å². The van der Waals surface area contributed by atoms with Gasteiger partial charge in [0.05, 0.1) is 0 Å². The average molecular weight is 348 g/mol. The first-order valence-electron chi connectivity index (χ1n) is 8.00. The van der Waals surface area contributed by atoms with E-state index in [2.05, 4.69) is 0 Å². The Bertz CT molecular complexity index is 806. The fourth-order valence-corrected chi connectivity index (χ4v) is 4.55. The second-order valence-corrected chi connectivity index (χ2v) is 8.07. The van der Waals surface area contributed by atoms with Gasteiger partial charge in [-0.15, -0.1) is 0 Å². The van der Waals surface area contributed by atoms with Gasteiger partial charge in [0.25, 0.3) is 10.2 Å². The molecule has 4 nitrogen and oxygen atoms in total. The first kappa shape index (κ1) is 17.1. The van der Waals surface area contributed by atoms with E-state index in [4.69, 9.17) is 0 Å². The van der Waals surface area contributed by atoms with E-state index in [-0.39, 0.29) is 12.4 Å². The minimum atomic E-state index is -3.54. The largest absolute Gasteiger partial charge is 0.282 e. The number of rotatable bonds is 4. The molecule has 0 aliphatic carbocycles. The molecule has 0 amide bonds. The summed E-state index contributed by atoms with van der Waals surface area (Å²) in [5, 5.41) is 0. The molecule has 3 rings (SSSR count). The fraction of sp³-hybridized carbons (Fsp3) is 0.333. The minimum Gasteiger partial charge on any atom is -0.207 e. The lowest BCUT2D eigenvalue weighted by Crippen LogP contribution is -2.48. The lowest BCUT2D eigenvalue weighted by molar-refractivity contribution is 0.276. The third-order valence-electron chi connectivity index (χ3n) is 4.20. The highest BCUT2D eigenvalue weighted by molar-refractivity contribution is 7.86. The summed E-state index contributed by atoms with van der Waals surface area (Å²) in [4.78, 5) is 0. The van der Waals surface area contributed by atoms with Gasteiger partial charge in [-0.05, 0) is 36.6 Å². The molecule has 0 unspecified atom stereocenters. The van der Waals surface area contributed by atoms with Crippen molar-refractivity contribution in [1.82, 2.24) is 8.61 Å². The SMILES string of the molecule is Cc1ccc(CN2CCCN(Cc3cccc(F)c3)S2(=O)=O)cc1. The van der Waals surface area contributed by atoms with Crippen LogP contribution < -0.4 is 0 Å². The molecule has 1 aliphatic heterocycles. The van der Waals surface area contributed by atoms with Crippen molar-refractivity contribution < 1.29 is 12.8 Å². The van der Waals surface area contributed by atoms with E-state index in [1.807, 2.05) is 31.2 Å². The molecular formula is C18H21FN2O2S. The summed E-state index contributed by atoms with van der Waals surface area (Å²) in [6, 6.07) is 14.0. The van der Waals surface area contributed by atoms with Gasteiger partial charge in [0.15, 0.2) is 0 Å². The monoisotopic (exact) mass is 348 g/mol. The number of nitrogens with zero attached hydrogens (tertiary/aromatic N) is 2. The molecule has 24 heavy (non-hydrogen) atoms.